The van der Waals surface area contributed by atoms with Gasteiger partial charge < -0.3 is 10.1 Å². The molecule has 2 rings (SSSR count). The van der Waals surface area contributed by atoms with Gasteiger partial charge in [-0.1, -0.05) is 13.0 Å². The number of rotatable bonds is 5. The standard InChI is InChI=1S/C15H22BrNO/c1-3-17-11(2)12-8-9-15(14(16)10-12)18-13-6-4-5-7-13/h8-11,13,17H,3-7H2,1-2H3. The van der Waals surface area contributed by atoms with Crippen LogP contribution in [0.3, 0.4) is 0 Å². The van der Waals surface area contributed by atoms with Crippen LogP contribution >= 0.6 is 15.9 Å². The van der Waals surface area contributed by atoms with Crippen molar-refractivity contribution < 1.29 is 4.74 Å². The summed E-state index contributed by atoms with van der Waals surface area (Å²) in [5.74, 6) is 0.981. The summed E-state index contributed by atoms with van der Waals surface area (Å²) < 4.78 is 7.10. The van der Waals surface area contributed by atoms with Crippen LogP contribution in [0.2, 0.25) is 0 Å². The van der Waals surface area contributed by atoms with Crippen molar-refractivity contribution in [2.45, 2.75) is 51.7 Å². The number of hydrogen-bond acceptors (Lipinski definition) is 2. The smallest absolute Gasteiger partial charge is 0.133 e. The van der Waals surface area contributed by atoms with E-state index >= 15 is 0 Å². The molecule has 0 amide bonds. The summed E-state index contributed by atoms with van der Waals surface area (Å²) >= 11 is 3.62. The van der Waals surface area contributed by atoms with Gasteiger partial charge in [-0.3, -0.25) is 0 Å². The normalized spacial score (nSPS) is 17.9. The van der Waals surface area contributed by atoms with Crippen LogP contribution in [0.4, 0.5) is 0 Å². The largest absolute Gasteiger partial charge is 0.489 e. The van der Waals surface area contributed by atoms with Crippen molar-refractivity contribution in [1.82, 2.24) is 5.32 Å². The maximum Gasteiger partial charge on any atom is 0.133 e. The Morgan fingerprint density at radius 1 is 1.39 bits per heavy atom. The predicted molar refractivity (Wildman–Crippen MR) is 79.1 cm³/mol. The first kappa shape index (κ1) is 13.9. The second kappa shape index (κ2) is 6.58. The van der Waals surface area contributed by atoms with Gasteiger partial charge in [-0.05, 0) is 72.8 Å². The highest BCUT2D eigenvalue weighted by atomic mass is 79.9. The van der Waals surface area contributed by atoms with Crippen LogP contribution in [0.5, 0.6) is 5.75 Å². The van der Waals surface area contributed by atoms with E-state index in [4.69, 9.17) is 4.74 Å². The van der Waals surface area contributed by atoms with Crippen molar-refractivity contribution in [2.24, 2.45) is 0 Å². The summed E-state index contributed by atoms with van der Waals surface area (Å²) in [6.45, 7) is 5.30. The number of nitrogens with one attached hydrogen (secondary N) is 1. The third kappa shape index (κ3) is 3.48. The molecule has 0 aromatic heterocycles. The van der Waals surface area contributed by atoms with Gasteiger partial charge in [-0.25, -0.2) is 0 Å². The molecule has 1 N–H and O–H groups in total. The van der Waals surface area contributed by atoms with Crippen LogP contribution < -0.4 is 10.1 Å². The molecular formula is C15H22BrNO. The number of benzene rings is 1. The van der Waals surface area contributed by atoms with Crippen LogP contribution in [-0.4, -0.2) is 12.6 Å². The lowest BCUT2D eigenvalue weighted by atomic mass is 10.1. The van der Waals surface area contributed by atoms with E-state index in [2.05, 4.69) is 53.3 Å². The summed E-state index contributed by atoms with van der Waals surface area (Å²) in [6.07, 6.45) is 5.41. The van der Waals surface area contributed by atoms with E-state index in [0.29, 0.717) is 12.1 Å². The monoisotopic (exact) mass is 311 g/mol. The van der Waals surface area contributed by atoms with Crippen molar-refractivity contribution in [1.29, 1.82) is 0 Å². The van der Waals surface area contributed by atoms with Crippen LogP contribution in [0.25, 0.3) is 0 Å². The minimum absolute atomic E-state index is 0.381. The molecule has 1 atom stereocenters. The number of hydrogen-bond donors (Lipinski definition) is 1. The lowest BCUT2D eigenvalue weighted by molar-refractivity contribution is 0.208. The molecule has 2 nitrogen and oxygen atoms in total. The first-order valence-corrected chi connectivity index (χ1v) is 7.69. The van der Waals surface area contributed by atoms with Crippen molar-refractivity contribution in [3.8, 4) is 5.75 Å². The molecule has 18 heavy (non-hydrogen) atoms. The van der Waals surface area contributed by atoms with E-state index in [1.807, 2.05) is 0 Å². The zero-order valence-electron chi connectivity index (χ0n) is 11.2. The second-order valence-electron chi connectivity index (χ2n) is 4.99. The van der Waals surface area contributed by atoms with Gasteiger partial charge in [-0.15, -0.1) is 0 Å². The lowest BCUT2D eigenvalue weighted by Crippen LogP contribution is -2.17. The molecular weight excluding hydrogens is 290 g/mol. The van der Waals surface area contributed by atoms with Gasteiger partial charge in [0.25, 0.3) is 0 Å². The summed E-state index contributed by atoms with van der Waals surface area (Å²) in [7, 11) is 0. The van der Waals surface area contributed by atoms with Gasteiger partial charge in [0.15, 0.2) is 0 Å². The fourth-order valence-electron chi connectivity index (χ4n) is 2.49. The molecule has 0 radical (unpaired) electrons. The SMILES string of the molecule is CCNC(C)c1ccc(OC2CCCC2)c(Br)c1. The van der Waals surface area contributed by atoms with E-state index in [-0.39, 0.29) is 0 Å². The highest BCUT2D eigenvalue weighted by Crippen LogP contribution is 2.32. The van der Waals surface area contributed by atoms with Crippen LogP contribution in [-0.2, 0) is 0 Å². The van der Waals surface area contributed by atoms with E-state index in [9.17, 15) is 0 Å². The molecule has 1 aliphatic rings. The number of halogens is 1. The Kier molecular flexibility index (Phi) is 5.07. The average Bonchev–Trinajstić information content (AvgIpc) is 2.85. The first-order valence-electron chi connectivity index (χ1n) is 6.90. The van der Waals surface area contributed by atoms with Gasteiger partial charge in [0, 0.05) is 6.04 Å². The summed E-state index contributed by atoms with van der Waals surface area (Å²) in [5, 5.41) is 3.42. The van der Waals surface area contributed by atoms with Crippen molar-refractivity contribution in [3.05, 3.63) is 28.2 Å². The Morgan fingerprint density at radius 2 is 2.11 bits per heavy atom. The quantitative estimate of drug-likeness (QED) is 0.868. The summed E-state index contributed by atoms with van der Waals surface area (Å²) in [5.41, 5.74) is 1.29. The fraction of sp³-hybridized carbons (Fsp3) is 0.600. The van der Waals surface area contributed by atoms with Crippen LogP contribution in [0, 0.1) is 0 Å². The third-order valence-corrected chi connectivity index (χ3v) is 4.18. The zero-order valence-corrected chi connectivity index (χ0v) is 12.8. The molecule has 1 aromatic carbocycles. The minimum atomic E-state index is 0.381. The average molecular weight is 312 g/mol. The molecule has 0 saturated heterocycles. The zero-order chi connectivity index (χ0) is 13.0. The van der Waals surface area contributed by atoms with E-state index < -0.39 is 0 Å². The first-order chi connectivity index (χ1) is 8.70. The van der Waals surface area contributed by atoms with Crippen molar-refractivity contribution >= 4 is 15.9 Å². The molecule has 0 bridgehead atoms. The molecule has 100 valence electrons. The van der Waals surface area contributed by atoms with Crippen LogP contribution in [0.15, 0.2) is 22.7 Å². The molecule has 3 heteroatoms. The molecule has 0 spiro atoms. The second-order valence-corrected chi connectivity index (χ2v) is 5.85. The van der Waals surface area contributed by atoms with Crippen molar-refractivity contribution in [2.75, 3.05) is 6.54 Å². The highest BCUT2D eigenvalue weighted by molar-refractivity contribution is 9.10. The van der Waals surface area contributed by atoms with Crippen molar-refractivity contribution in [3.63, 3.8) is 0 Å². The Hall–Kier alpha value is -0.540. The van der Waals surface area contributed by atoms with Gasteiger partial charge in [0.2, 0.25) is 0 Å². The molecule has 1 aromatic rings. The van der Waals surface area contributed by atoms with Gasteiger partial charge in [0.05, 0.1) is 10.6 Å². The fourth-order valence-corrected chi connectivity index (χ4v) is 2.98. The Bertz CT molecular complexity index is 388. The van der Waals surface area contributed by atoms with Gasteiger partial charge in [0.1, 0.15) is 5.75 Å². The summed E-state index contributed by atoms with van der Waals surface area (Å²) in [6, 6.07) is 6.79. The van der Waals surface area contributed by atoms with E-state index in [1.165, 1.54) is 31.2 Å². The maximum absolute atomic E-state index is 6.03. The Balaban J connectivity index is 2.04. The minimum Gasteiger partial charge on any atom is -0.489 e. The number of ether oxygens (including phenoxy) is 1. The van der Waals surface area contributed by atoms with Gasteiger partial charge in [-0.2, -0.15) is 0 Å². The van der Waals surface area contributed by atoms with Crippen LogP contribution in [0.1, 0.15) is 51.1 Å². The highest BCUT2D eigenvalue weighted by Gasteiger charge is 2.18. The lowest BCUT2D eigenvalue weighted by Gasteiger charge is -2.17. The predicted octanol–water partition coefficient (Wildman–Crippen LogP) is 4.44. The Labute approximate surface area is 118 Å². The molecule has 1 fully saturated rings. The topological polar surface area (TPSA) is 21.3 Å². The molecule has 1 saturated carbocycles. The third-order valence-electron chi connectivity index (χ3n) is 3.56. The van der Waals surface area contributed by atoms with Gasteiger partial charge >= 0.3 is 0 Å². The van der Waals surface area contributed by atoms with E-state index in [0.717, 1.165) is 16.8 Å². The maximum atomic E-state index is 6.03. The molecule has 0 heterocycles. The Morgan fingerprint density at radius 3 is 2.72 bits per heavy atom. The molecule has 0 aliphatic heterocycles. The van der Waals surface area contributed by atoms with E-state index in [1.54, 1.807) is 0 Å². The summed E-state index contributed by atoms with van der Waals surface area (Å²) in [4.78, 5) is 0. The molecule has 1 aliphatic carbocycles. The molecule has 1 unspecified atom stereocenters.